The quantitative estimate of drug-likeness (QED) is 0.154. The Bertz CT molecular complexity index is 1300. The fourth-order valence-corrected chi connectivity index (χ4v) is 2.73. The zero-order chi connectivity index (χ0) is 24.9. The minimum atomic E-state index is -4.75. The maximum atomic E-state index is 13.0. The van der Waals surface area contributed by atoms with Crippen LogP contribution in [0.15, 0.2) is 72.3 Å². The Kier molecular flexibility index (Phi) is 6.92. The van der Waals surface area contributed by atoms with Crippen molar-refractivity contribution < 1.29 is 32.0 Å². The van der Waals surface area contributed by atoms with E-state index in [0.717, 1.165) is 18.2 Å². The van der Waals surface area contributed by atoms with Gasteiger partial charge in [-0.05, 0) is 60.2 Å². The highest BCUT2D eigenvalue weighted by atomic mass is 19.4. The molecule has 0 aliphatic heterocycles. The molecule has 0 heterocycles. The standard InChI is InChI=1S/C23H13F4N3O4/c24-17-4-6-18(7-5-17)29-22(31)15(13-28)11-14-1-8-19(9-2-14)34-21-10-3-16(23(25,26)27)12-20(21)30(32)33/h1-12H,(H,29,31)/b15-11-. The van der Waals surface area contributed by atoms with Crippen LogP contribution in [0.2, 0.25) is 0 Å². The summed E-state index contributed by atoms with van der Waals surface area (Å²) in [5, 5.41) is 22.9. The summed E-state index contributed by atoms with van der Waals surface area (Å²) >= 11 is 0. The lowest BCUT2D eigenvalue weighted by atomic mass is 10.1. The van der Waals surface area contributed by atoms with Gasteiger partial charge in [0.2, 0.25) is 5.75 Å². The summed E-state index contributed by atoms with van der Waals surface area (Å²) in [7, 11) is 0. The molecule has 1 N–H and O–H groups in total. The van der Waals surface area contributed by atoms with Crippen LogP contribution in [-0.4, -0.2) is 10.8 Å². The number of nitro groups is 1. The number of anilines is 1. The number of halogens is 4. The van der Waals surface area contributed by atoms with Gasteiger partial charge in [0.1, 0.15) is 23.2 Å². The number of carbonyl (C=O) groups is 1. The number of rotatable bonds is 6. The molecule has 0 saturated heterocycles. The number of nitrogens with zero attached hydrogens (tertiary/aromatic N) is 2. The second-order valence-electron chi connectivity index (χ2n) is 6.74. The van der Waals surface area contributed by atoms with E-state index in [-0.39, 0.29) is 17.0 Å². The monoisotopic (exact) mass is 471 g/mol. The number of ether oxygens (including phenoxy) is 1. The third kappa shape index (κ3) is 5.95. The number of carbonyl (C=O) groups excluding carboxylic acids is 1. The van der Waals surface area contributed by atoms with Crippen LogP contribution in [0.1, 0.15) is 11.1 Å². The normalized spacial score (nSPS) is 11.4. The van der Waals surface area contributed by atoms with Gasteiger partial charge >= 0.3 is 11.9 Å². The summed E-state index contributed by atoms with van der Waals surface area (Å²) in [5.41, 5.74) is -1.61. The molecule has 7 nitrogen and oxygen atoms in total. The van der Waals surface area contributed by atoms with Gasteiger partial charge in [0.15, 0.2) is 0 Å². The fraction of sp³-hybridized carbons (Fsp3) is 0.0435. The lowest BCUT2D eigenvalue weighted by Gasteiger charge is -2.10. The third-order valence-electron chi connectivity index (χ3n) is 4.37. The minimum absolute atomic E-state index is 0.0780. The van der Waals surface area contributed by atoms with Crippen LogP contribution in [0.25, 0.3) is 6.08 Å². The molecule has 3 aromatic rings. The molecule has 3 aromatic carbocycles. The minimum Gasteiger partial charge on any atom is -0.450 e. The molecule has 0 unspecified atom stereocenters. The maximum Gasteiger partial charge on any atom is 0.416 e. The predicted octanol–water partition coefficient (Wildman–Crippen LogP) is 6.09. The Morgan fingerprint density at radius 3 is 2.26 bits per heavy atom. The van der Waals surface area contributed by atoms with Crippen molar-refractivity contribution in [2.45, 2.75) is 6.18 Å². The number of benzene rings is 3. The summed E-state index contributed by atoms with van der Waals surface area (Å²) in [6.45, 7) is 0. The third-order valence-corrected chi connectivity index (χ3v) is 4.37. The summed E-state index contributed by atoms with van der Waals surface area (Å²) in [6, 6.07) is 14.2. The molecular formula is C23H13F4N3O4. The largest absolute Gasteiger partial charge is 0.450 e. The smallest absolute Gasteiger partial charge is 0.416 e. The first-order chi connectivity index (χ1) is 16.1. The summed E-state index contributed by atoms with van der Waals surface area (Å²) < 4.78 is 56.8. The predicted molar refractivity (Wildman–Crippen MR) is 113 cm³/mol. The summed E-state index contributed by atoms with van der Waals surface area (Å²) in [4.78, 5) is 22.5. The Hall–Kier alpha value is -4.72. The molecule has 0 aliphatic rings. The molecule has 1 amide bonds. The molecule has 0 spiro atoms. The van der Waals surface area contributed by atoms with Crippen molar-refractivity contribution in [3.8, 4) is 17.6 Å². The number of nitriles is 1. The molecular weight excluding hydrogens is 458 g/mol. The van der Waals surface area contributed by atoms with Gasteiger partial charge in [-0.2, -0.15) is 18.4 Å². The topological polar surface area (TPSA) is 105 Å². The van der Waals surface area contributed by atoms with Crippen molar-refractivity contribution in [1.29, 1.82) is 5.26 Å². The van der Waals surface area contributed by atoms with Crippen LogP contribution in [0.3, 0.4) is 0 Å². The van der Waals surface area contributed by atoms with Gasteiger partial charge in [-0.15, -0.1) is 0 Å². The van der Waals surface area contributed by atoms with E-state index in [1.807, 2.05) is 0 Å². The van der Waals surface area contributed by atoms with Gasteiger partial charge in [-0.25, -0.2) is 4.39 Å². The molecule has 11 heteroatoms. The van der Waals surface area contributed by atoms with Gasteiger partial charge in [-0.1, -0.05) is 12.1 Å². The lowest BCUT2D eigenvalue weighted by molar-refractivity contribution is -0.385. The zero-order valence-corrected chi connectivity index (χ0v) is 17.0. The van der Waals surface area contributed by atoms with E-state index in [2.05, 4.69) is 5.32 Å². The second kappa shape index (κ2) is 9.83. The van der Waals surface area contributed by atoms with Gasteiger partial charge in [0.05, 0.1) is 10.5 Å². The molecule has 34 heavy (non-hydrogen) atoms. The summed E-state index contributed by atoms with van der Waals surface area (Å²) in [5.74, 6) is -1.53. The van der Waals surface area contributed by atoms with Crippen molar-refractivity contribution in [3.63, 3.8) is 0 Å². The van der Waals surface area contributed by atoms with Crippen molar-refractivity contribution >= 4 is 23.4 Å². The first kappa shape index (κ1) is 23.9. The van der Waals surface area contributed by atoms with E-state index >= 15 is 0 Å². The molecule has 0 aliphatic carbocycles. The van der Waals surface area contributed by atoms with Crippen LogP contribution in [0.4, 0.5) is 28.9 Å². The van der Waals surface area contributed by atoms with E-state index < -0.39 is 39.8 Å². The number of nitro benzene ring substituents is 1. The SMILES string of the molecule is N#C/C(=C/c1ccc(Oc2ccc(C(F)(F)F)cc2[N+](=O)[O-])cc1)C(=O)Nc1ccc(F)cc1. The number of hydrogen-bond donors (Lipinski definition) is 1. The van der Waals surface area contributed by atoms with Crippen molar-refractivity contribution in [2.75, 3.05) is 5.32 Å². The summed E-state index contributed by atoms with van der Waals surface area (Å²) in [6.07, 6.45) is -3.48. The van der Waals surface area contributed by atoms with Crippen molar-refractivity contribution in [3.05, 3.63) is 99.4 Å². The van der Waals surface area contributed by atoms with E-state index in [1.165, 1.54) is 42.5 Å². The number of nitrogens with one attached hydrogen (secondary N) is 1. The molecule has 0 aromatic heterocycles. The Morgan fingerprint density at radius 1 is 1.06 bits per heavy atom. The Balaban J connectivity index is 1.77. The molecule has 0 atom stereocenters. The van der Waals surface area contributed by atoms with Crippen molar-refractivity contribution in [1.82, 2.24) is 0 Å². The Morgan fingerprint density at radius 2 is 1.71 bits per heavy atom. The first-order valence-corrected chi connectivity index (χ1v) is 9.39. The highest BCUT2D eigenvalue weighted by Crippen LogP contribution is 2.37. The van der Waals surface area contributed by atoms with Gasteiger partial charge in [0, 0.05) is 11.8 Å². The number of amides is 1. The van der Waals surface area contributed by atoms with Crippen molar-refractivity contribution in [2.24, 2.45) is 0 Å². The second-order valence-corrected chi connectivity index (χ2v) is 6.74. The fourth-order valence-electron chi connectivity index (χ4n) is 2.73. The van der Waals surface area contributed by atoms with E-state index in [4.69, 9.17) is 4.74 Å². The molecule has 0 fully saturated rings. The van der Waals surface area contributed by atoms with Gasteiger partial charge in [0.25, 0.3) is 5.91 Å². The molecule has 3 rings (SSSR count). The zero-order valence-electron chi connectivity index (χ0n) is 17.0. The average molecular weight is 471 g/mol. The lowest BCUT2D eigenvalue weighted by Crippen LogP contribution is -2.13. The van der Waals surface area contributed by atoms with Gasteiger partial charge < -0.3 is 10.1 Å². The van der Waals surface area contributed by atoms with E-state index in [1.54, 1.807) is 6.07 Å². The van der Waals surface area contributed by atoms with Gasteiger partial charge in [-0.3, -0.25) is 14.9 Å². The van der Waals surface area contributed by atoms with E-state index in [0.29, 0.717) is 17.7 Å². The number of hydrogen-bond acceptors (Lipinski definition) is 5. The van der Waals surface area contributed by atoms with E-state index in [9.17, 15) is 37.7 Å². The maximum absolute atomic E-state index is 13.0. The highest BCUT2D eigenvalue weighted by Gasteiger charge is 2.33. The first-order valence-electron chi connectivity index (χ1n) is 9.39. The van der Waals surface area contributed by atoms with Crippen LogP contribution < -0.4 is 10.1 Å². The van der Waals surface area contributed by atoms with Crippen LogP contribution >= 0.6 is 0 Å². The van der Waals surface area contributed by atoms with Crippen LogP contribution in [0.5, 0.6) is 11.5 Å². The molecule has 0 radical (unpaired) electrons. The highest BCUT2D eigenvalue weighted by molar-refractivity contribution is 6.09. The molecule has 0 bridgehead atoms. The van der Waals surface area contributed by atoms with Crippen LogP contribution in [-0.2, 0) is 11.0 Å². The Labute approximate surface area is 189 Å². The van der Waals surface area contributed by atoms with Crippen LogP contribution in [0, 0.1) is 27.3 Å². The molecule has 0 saturated carbocycles. The average Bonchev–Trinajstić information content (AvgIpc) is 2.79. The number of alkyl halides is 3. The molecule has 172 valence electrons.